The molecule has 1 saturated heterocycles. The molecule has 2 aromatic heterocycles. The van der Waals surface area contributed by atoms with E-state index in [1.54, 1.807) is 0 Å². The maximum absolute atomic E-state index is 9.24. The minimum absolute atomic E-state index is 0.766. The highest BCUT2D eigenvalue weighted by Gasteiger charge is 2.23. The average Bonchev–Trinajstić information content (AvgIpc) is 3.43. The topological polar surface area (TPSA) is 65.1 Å². The molecule has 0 spiro atoms. The van der Waals surface area contributed by atoms with E-state index in [1.165, 1.54) is 5.56 Å². The molecule has 0 radical (unpaired) electrons. The molecule has 1 N–H and O–H groups in total. The first-order valence-electron chi connectivity index (χ1n) is 11.1. The number of aromatic nitrogens is 1. The highest BCUT2D eigenvalue weighted by atomic mass is 16.4. The number of likely N-dealkylation sites (N-methyl/N-ethyl adjacent to an activating group) is 1. The molecule has 160 valence electrons. The van der Waals surface area contributed by atoms with Gasteiger partial charge < -0.3 is 14.5 Å². The van der Waals surface area contributed by atoms with Gasteiger partial charge in [-0.15, -0.1) is 0 Å². The van der Waals surface area contributed by atoms with Crippen LogP contribution in [0.1, 0.15) is 30.2 Å². The Labute approximate surface area is 182 Å². The van der Waals surface area contributed by atoms with E-state index in [4.69, 9.17) is 4.42 Å². The molecule has 1 fully saturated rings. The molecule has 3 aromatic rings. The van der Waals surface area contributed by atoms with Gasteiger partial charge >= 0.3 is 0 Å². The molecule has 6 nitrogen and oxygen atoms in total. The largest absolute Gasteiger partial charge is 0.459 e. The van der Waals surface area contributed by atoms with E-state index in [0.717, 1.165) is 91.6 Å². The molecule has 1 aliphatic heterocycles. The van der Waals surface area contributed by atoms with Crippen LogP contribution in [0.5, 0.6) is 0 Å². The zero-order chi connectivity index (χ0) is 21.2. The third-order valence-electron chi connectivity index (χ3n) is 6.50. The highest BCUT2D eigenvalue weighted by molar-refractivity contribution is 6.04. The second kappa shape index (κ2) is 8.65. The first-order valence-corrected chi connectivity index (χ1v) is 11.1. The van der Waals surface area contributed by atoms with Crippen LogP contribution >= 0.6 is 0 Å². The average molecular weight is 417 g/mol. The minimum Gasteiger partial charge on any atom is -0.459 e. The van der Waals surface area contributed by atoms with Crippen LogP contribution in [0.2, 0.25) is 0 Å². The van der Waals surface area contributed by atoms with Crippen molar-refractivity contribution in [3.63, 3.8) is 0 Å². The maximum atomic E-state index is 9.24. The van der Waals surface area contributed by atoms with Gasteiger partial charge in [-0.3, -0.25) is 9.88 Å². The third kappa shape index (κ3) is 4.01. The third-order valence-corrected chi connectivity index (χ3v) is 6.50. The van der Waals surface area contributed by atoms with Crippen molar-refractivity contribution in [1.29, 1.82) is 0 Å². The summed E-state index contributed by atoms with van der Waals surface area (Å²) in [7, 11) is 0. The van der Waals surface area contributed by atoms with Crippen LogP contribution in [0.15, 0.2) is 58.4 Å². The number of aryl methyl sites for hydroxylation is 1. The Morgan fingerprint density at radius 3 is 2.45 bits per heavy atom. The van der Waals surface area contributed by atoms with Gasteiger partial charge in [0.2, 0.25) is 0 Å². The predicted molar refractivity (Wildman–Crippen MR) is 121 cm³/mol. The van der Waals surface area contributed by atoms with Crippen LogP contribution < -0.4 is 0 Å². The van der Waals surface area contributed by atoms with Gasteiger partial charge in [0.25, 0.3) is 0 Å². The summed E-state index contributed by atoms with van der Waals surface area (Å²) in [6.45, 7) is 8.52. The number of oxime groups is 1. The van der Waals surface area contributed by atoms with Gasteiger partial charge in [-0.05, 0) is 54.8 Å². The summed E-state index contributed by atoms with van der Waals surface area (Å²) in [5, 5.41) is 12.7. The highest BCUT2D eigenvalue weighted by Crippen LogP contribution is 2.37. The van der Waals surface area contributed by atoms with Crippen molar-refractivity contribution in [2.24, 2.45) is 5.16 Å². The van der Waals surface area contributed by atoms with Gasteiger partial charge in [0.1, 0.15) is 11.5 Å². The van der Waals surface area contributed by atoms with Crippen molar-refractivity contribution >= 4 is 5.71 Å². The first-order chi connectivity index (χ1) is 15.2. The summed E-state index contributed by atoms with van der Waals surface area (Å²) in [4.78, 5) is 9.13. The summed E-state index contributed by atoms with van der Waals surface area (Å²) >= 11 is 0. The van der Waals surface area contributed by atoms with E-state index in [-0.39, 0.29) is 0 Å². The Morgan fingerprint density at radius 1 is 0.935 bits per heavy atom. The molecule has 0 saturated carbocycles. The van der Waals surface area contributed by atoms with Crippen molar-refractivity contribution in [2.75, 3.05) is 32.7 Å². The monoisotopic (exact) mass is 416 g/mol. The lowest BCUT2D eigenvalue weighted by Gasteiger charge is -2.33. The molecule has 1 aliphatic carbocycles. The van der Waals surface area contributed by atoms with E-state index in [1.807, 2.05) is 24.5 Å². The SMILES string of the molecule is CCN1CCN(Cc2cc(-c3ccncc3)c(-c3ccc4c(c3)CC/C4=N\O)o2)CC1. The van der Waals surface area contributed by atoms with E-state index in [2.05, 4.69) is 51.1 Å². The number of nitrogens with zero attached hydrogens (tertiary/aromatic N) is 4. The Kier molecular flexibility index (Phi) is 5.57. The molecule has 5 rings (SSSR count). The van der Waals surface area contributed by atoms with Crippen molar-refractivity contribution in [3.05, 3.63) is 65.7 Å². The quantitative estimate of drug-likeness (QED) is 0.497. The number of benzene rings is 1. The Hall–Kier alpha value is -2.96. The fourth-order valence-corrected chi connectivity index (χ4v) is 4.68. The molecule has 0 atom stereocenters. The summed E-state index contributed by atoms with van der Waals surface area (Å²) < 4.78 is 6.47. The number of rotatable bonds is 5. The number of hydrogen-bond acceptors (Lipinski definition) is 6. The van der Waals surface area contributed by atoms with Crippen molar-refractivity contribution in [3.8, 4) is 22.5 Å². The van der Waals surface area contributed by atoms with Gasteiger partial charge in [0.05, 0.1) is 12.3 Å². The lowest BCUT2D eigenvalue weighted by Crippen LogP contribution is -2.45. The van der Waals surface area contributed by atoms with Gasteiger partial charge in [-0.1, -0.05) is 24.2 Å². The first kappa shape index (κ1) is 20.0. The number of pyridine rings is 1. The second-order valence-electron chi connectivity index (χ2n) is 8.32. The predicted octanol–water partition coefficient (Wildman–Crippen LogP) is 4.27. The van der Waals surface area contributed by atoms with Crippen LogP contribution in [0.3, 0.4) is 0 Å². The summed E-state index contributed by atoms with van der Waals surface area (Å²) in [6.07, 6.45) is 5.31. The van der Waals surface area contributed by atoms with Crippen LogP contribution in [0.4, 0.5) is 0 Å². The van der Waals surface area contributed by atoms with Gasteiger partial charge in [-0.25, -0.2) is 0 Å². The van der Waals surface area contributed by atoms with Crippen molar-refractivity contribution < 1.29 is 9.62 Å². The van der Waals surface area contributed by atoms with E-state index in [9.17, 15) is 5.21 Å². The van der Waals surface area contributed by atoms with Crippen molar-refractivity contribution in [1.82, 2.24) is 14.8 Å². The number of hydrogen-bond donors (Lipinski definition) is 1. The van der Waals surface area contributed by atoms with Crippen LogP contribution in [-0.4, -0.2) is 58.4 Å². The fraction of sp³-hybridized carbons (Fsp3) is 0.360. The Bertz CT molecular complexity index is 1080. The molecule has 3 heterocycles. The van der Waals surface area contributed by atoms with Crippen LogP contribution in [0, 0.1) is 0 Å². The smallest absolute Gasteiger partial charge is 0.142 e. The summed E-state index contributed by atoms with van der Waals surface area (Å²) in [6, 6.07) is 12.5. The zero-order valence-corrected chi connectivity index (χ0v) is 17.9. The molecule has 1 aromatic carbocycles. The molecule has 6 heteroatoms. The minimum atomic E-state index is 0.766. The van der Waals surface area contributed by atoms with Gasteiger partial charge in [-0.2, -0.15) is 0 Å². The van der Waals surface area contributed by atoms with Gasteiger partial charge in [0.15, 0.2) is 0 Å². The van der Waals surface area contributed by atoms with Gasteiger partial charge in [0, 0.05) is 55.3 Å². The molecule has 2 aliphatic rings. The fourth-order valence-electron chi connectivity index (χ4n) is 4.68. The second-order valence-corrected chi connectivity index (χ2v) is 8.32. The van der Waals surface area contributed by atoms with E-state index < -0.39 is 0 Å². The van der Waals surface area contributed by atoms with Crippen LogP contribution in [-0.2, 0) is 13.0 Å². The zero-order valence-electron chi connectivity index (χ0n) is 17.9. The Morgan fingerprint density at radius 2 is 1.71 bits per heavy atom. The molecular weight excluding hydrogens is 388 g/mol. The van der Waals surface area contributed by atoms with E-state index >= 15 is 0 Å². The number of fused-ring (bicyclic) bond motifs is 1. The number of furan rings is 1. The lowest BCUT2D eigenvalue weighted by atomic mass is 9.99. The molecule has 0 bridgehead atoms. The number of piperazine rings is 1. The normalized spacial score (nSPS) is 18.5. The summed E-state index contributed by atoms with van der Waals surface area (Å²) in [5.41, 5.74) is 6.28. The lowest BCUT2D eigenvalue weighted by molar-refractivity contribution is 0.125. The van der Waals surface area contributed by atoms with Crippen LogP contribution in [0.25, 0.3) is 22.5 Å². The maximum Gasteiger partial charge on any atom is 0.142 e. The molecule has 0 unspecified atom stereocenters. The van der Waals surface area contributed by atoms with E-state index in [0.29, 0.717) is 0 Å². The molecule has 31 heavy (non-hydrogen) atoms. The Balaban J connectivity index is 1.48. The summed E-state index contributed by atoms with van der Waals surface area (Å²) in [5.74, 6) is 1.88. The molecular formula is C25H28N4O2. The standard InChI is InChI=1S/C25H28N4O2/c1-2-28-11-13-29(14-12-28)17-21-16-23(18-7-9-26-10-8-18)25(31-21)20-3-5-22-19(15-20)4-6-24(22)27-30/h3,5,7-10,15-16,30H,2,4,6,11-14,17H2,1H3/b27-24+. The van der Waals surface area contributed by atoms with Crippen molar-refractivity contribution in [2.45, 2.75) is 26.3 Å². The molecule has 0 amide bonds.